The second-order valence-electron chi connectivity index (χ2n) is 4.29. The van der Waals surface area contributed by atoms with Gasteiger partial charge in [0.1, 0.15) is 17.4 Å². The van der Waals surface area contributed by atoms with Gasteiger partial charge in [0.2, 0.25) is 0 Å². The number of para-hydroxylation sites is 1. The van der Waals surface area contributed by atoms with Crippen LogP contribution >= 0.6 is 0 Å². The number of pyridine rings is 1. The van der Waals surface area contributed by atoms with Gasteiger partial charge in [0.25, 0.3) is 0 Å². The van der Waals surface area contributed by atoms with Gasteiger partial charge in [-0.05, 0) is 25.5 Å². The minimum Gasteiger partial charge on any atom is -0.487 e. The number of rotatable bonds is 4. The Kier molecular flexibility index (Phi) is 3.78. The van der Waals surface area contributed by atoms with Gasteiger partial charge in [-0.15, -0.1) is 0 Å². The standard InChI is InChI=1S/C15H16N2O/c1-3-13(9-10-16)18-14-6-4-5-12-8-7-11(2)17-15(12)14/h4-8,13H,3,9H2,1-2H3. The fraction of sp³-hybridized carbons (Fsp3) is 0.333. The predicted octanol–water partition coefficient (Wildman–Crippen LogP) is 3.61. The zero-order valence-corrected chi connectivity index (χ0v) is 10.7. The van der Waals surface area contributed by atoms with Crippen molar-refractivity contribution < 1.29 is 4.74 Å². The summed E-state index contributed by atoms with van der Waals surface area (Å²) in [5, 5.41) is 9.82. The molecule has 0 N–H and O–H groups in total. The van der Waals surface area contributed by atoms with Crippen molar-refractivity contribution >= 4 is 10.9 Å². The number of nitriles is 1. The zero-order valence-electron chi connectivity index (χ0n) is 10.7. The molecule has 1 atom stereocenters. The number of hydrogen-bond acceptors (Lipinski definition) is 3. The molecule has 2 rings (SSSR count). The summed E-state index contributed by atoms with van der Waals surface area (Å²) >= 11 is 0. The SMILES string of the molecule is CCC(CC#N)Oc1cccc2ccc(C)nc12. The quantitative estimate of drug-likeness (QED) is 0.820. The number of aryl methyl sites for hydroxylation is 1. The molecule has 2 aromatic rings. The van der Waals surface area contributed by atoms with E-state index in [0.717, 1.165) is 28.8 Å². The molecular weight excluding hydrogens is 224 g/mol. The van der Waals surface area contributed by atoms with E-state index in [9.17, 15) is 0 Å². The van der Waals surface area contributed by atoms with Crippen LogP contribution in [0.3, 0.4) is 0 Å². The Labute approximate surface area is 107 Å². The summed E-state index contributed by atoms with van der Waals surface area (Å²) in [6.45, 7) is 3.98. The van der Waals surface area contributed by atoms with Gasteiger partial charge in [0, 0.05) is 11.1 Å². The van der Waals surface area contributed by atoms with Crippen LogP contribution < -0.4 is 4.74 Å². The first-order chi connectivity index (χ1) is 8.74. The number of ether oxygens (including phenoxy) is 1. The molecule has 1 aromatic carbocycles. The number of fused-ring (bicyclic) bond motifs is 1. The second-order valence-corrected chi connectivity index (χ2v) is 4.29. The van der Waals surface area contributed by atoms with Crippen molar-refractivity contribution in [2.75, 3.05) is 0 Å². The molecule has 92 valence electrons. The monoisotopic (exact) mass is 240 g/mol. The fourth-order valence-electron chi connectivity index (χ4n) is 1.86. The smallest absolute Gasteiger partial charge is 0.145 e. The van der Waals surface area contributed by atoms with Crippen LogP contribution in [0.25, 0.3) is 10.9 Å². The molecule has 0 aliphatic heterocycles. The maximum absolute atomic E-state index is 8.76. The lowest BCUT2D eigenvalue weighted by atomic mass is 10.1. The van der Waals surface area contributed by atoms with Crippen LogP contribution in [0.2, 0.25) is 0 Å². The van der Waals surface area contributed by atoms with Crippen molar-refractivity contribution in [2.24, 2.45) is 0 Å². The van der Waals surface area contributed by atoms with Crippen molar-refractivity contribution in [3.05, 3.63) is 36.0 Å². The lowest BCUT2D eigenvalue weighted by Gasteiger charge is -2.15. The highest BCUT2D eigenvalue weighted by molar-refractivity contribution is 5.84. The van der Waals surface area contributed by atoms with Gasteiger partial charge in [-0.3, -0.25) is 0 Å². The normalized spacial score (nSPS) is 12.1. The Balaban J connectivity index is 2.38. The summed E-state index contributed by atoms with van der Waals surface area (Å²) in [5.74, 6) is 0.762. The average molecular weight is 240 g/mol. The molecular formula is C15H16N2O. The van der Waals surface area contributed by atoms with E-state index in [4.69, 9.17) is 10.00 Å². The minimum absolute atomic E-state index is 0.0667. The maximum Gasteiger partial charge on any atom is 0.145 e. The van der Waals surface area contributed by atoms with E-state index in [1.54, 1.807) is 0 Å². The van der Waals surface area contributed by atoms with Crippen LogP contribution in [-0.4, -0.2) is 11.1 Å². The van der Waals surface area contributed by atoms with E-state index in [1.807, 2.05) is 44.2 Å². The van der Waals surface area contributed by atoms with Gasteiger partial charge in [-0.25, -0.2) is 4.98 Å². The van der Waals surface area contributed by atoms with Crippen molar-refractivity contribution in [2.45, 2.75) is 32.8 Å². The Morgan fingerprint density at radius 2 is 2.17 bits per heavy atom. The number of aromatic nitrogens is 1. The number of nitrogens with zero attached hydrogens (tertiary/aromatic N) is 2. The number of hydrogen-bond donors (Lipinski definition) is 0. The molecule has 0 saturated carbocycles. The van der Waals surface area contributed by atoms with Crippen molar-refractivity contribution in [1.82, 2.24) is 4.98 Å². The minimum atomic E-state index is -0.0667. The largest absolute Gasteiger partial charge is 0.487 e. The predicted molar refractivity (Wildman–Crippen MR) is 71.4 cm³/mol. The highest BCUT2D eigenvalue weighted by Crippen LogP contribution is 2.25. The topological polar surface area (TPSA) is 45.9 Å². The summed E-state index contributed by atoms with van der Waals surface area (Å²) in [6.07, 6.45) is 1.15. The lowest BCUT2D eigenvalue weighted by molar-refractivity contribution is 0.204. The van der Waals surface area contributed by atoms with Crippen LogP contribution in [-0.2, 0) is 0 Å². The van der Waals surface area contributed by atoms with Gasteiger partial charge in [0.05, 0.1) is 12.5 Å². The first-order valence-electron chi connectivity index (χ1n) is 6.14. The van der Waals surface area contributed by atoms with E-state index in [1.165, 1.54) is 0 Å². The van der Waals surface area contributed by atoms with E-state index in [-0.39, 0.29) is 6.10 Å². The Bertz CT molecular complexity index is 587. The molecule has 0 radical (unpaired) electrons. The maximum atomic E-state index is 8.76. The molecule has 3 nitrogen and oxygen atoms in total. The van der Waals surface area contributed by atoms with Gasteiger partial charge in [0.15, 0.2) is 0 Å². The molecule has 1 unspecified atom stereocenters. The molecule has 0 aliphatic rings. The third-order valence-electron chi connectivity index (χ3n) is 2.89. The lowest BCUT2D eigenvalue weighted by Crippen LogP contribution is -2.14. The molecule has 0 aliphatic carbocycles. The van der Waals surface area contributed by atoms with Crippen molar-refractivity contribution in [3.8, 4) is 11.8 Å². The highest BCUT2D eigenvalue weighted by atomic mass is 16.5. The molecule has 18 heavy (non-hydrogen) atoms. The van der Waals surface area contributed by atoms with Crippen LogP contribution in [0.1, 0.15) is 25.5 Å². The third kappa shape index (κ3) is 2.60. The Morgan fingerprint density at radius 3 is 2.89 bits per heavy atom. The zero-order chi connectivity index (χ0) is 13.0. The van der Waals surface area contributed by atoms with Gasteiger partial charge in [-0.1, -0.05) is 25.1 Å². The van der Waals surface area contributed by atoms with Gasteiger partial charge >= 0.3 is 0 Å². The van der Waals surface area contributed by atoms with Gasteiger partial charge < -0.3 is 4.74 Å². The average Bonchev–Trinajstić information content (AvgIpc) is 2.38. The molecule has 1 heterocycles. The summed E-state index contributed by atoms with van der Waals surface area (Å²) in [5.41, 5.74) is 1.83. The van der Waals surface area contributed by atoms with Crippen molar-refractivity contribution in [3.63, 3.8) is 0 Å². The van der Waals surface area contributed by atoms with E-state index in [2.05, 4.69) is 11.1 Å². The number of benzene rings is 1. The van der Waals surface area contributed by atoms with E-state index >= 15 is 0 Å². The Hall–Kier alpha value is -2.08. The molecule has 0 fully saturated rings. The molecule has 3 heteroatoms. The first kappa shape index (κ1) is 12.4. The van der Waals surface area contributed by atoms with Crippen LogP contribution in [0.15, 0.2) is 30.3 Å². The second kappa shape index (κ2) is 5.50. The summed E-state index contributed by atoms with van der Waals surface area (Å²) in [6, 6.07) is 12.1. The molecule has 0 bridgehead atoms. The molecule has 0 amide bonds. The van der Waals surface area contributed by atoms with E-state index in [0.29, 0.717) is 6.42 Å². The molecule has 1 aromatic heterocycles. The molecule has 0 spiro atoms. The van der Waals surface area contributed by atoms with Gasteiger partial charge in [-0.2, -0.15) is 5.26 Å². The third-order valence-corrected chi connectivity index (χ3v) is 2.89. The van der Waals surface area contributed by atoms with Crippen LogP contribution in [0.5, 0.6) is 5.75 Å². The Morgan fingerprint density at radius 1 is 1.33 bits per heavy atom. The first-order valence-corrected chi connectivity index (χ1v) is 6.14. The van der Waals surface area contributed by atoms with Crippen LogP contribution in [0.4, 0.5) is 0 Å². The van der Waals surface area contributed by atoms with Crippen LogP contribution in [0, 0.1) is 18.3 Å². The summed E-state index contributed by atoms with van der Waals surface area (Å²) in [7, 11) is 0. The summed E-state index contributed by atoms with van der Waals surface area (Å²) < 4.78 is 5.89. The van der Waals surface area contributed by atoms with E-state index < -0.39 is 0 Å². The molecule has 0 saturated heterocycles. The summed E-state index contributed by atoms with van der Waals surface area (Å²) in [4.78, 5) is 4.52. The fourth-order valence-corrected chi connectivity index (χ4v) is 1.86. The highest BCUT2D eigenvalue weighted by Gasteiger charge is 2.10. The van der Waals surface area contributed by atoms with Crippen molar-refractivity contribution in [1.29, 1.82) is 5.26 Å².